The van der Waals surface area contributed by atoms with Gasteiger partial charge in [0.25, 0.3) is 0 Å². The molecule has 3 heterocycles. The Bertz CT molecular complexity index is 3490. The van der Waals surface area contributed by atoms with Crippen LogP contribution in [-0.4, -0.2) is 15.0 Å². The standard InChI is InChI=1S/C56H37N3O/c1-56(2)45-22-12-9-19-39(45)40-30-29-38(31-46(40)56)53-44-32-43(54-52(42-21-11-14-24-50(42)60-54)51(44)41-20-10-13-23-47(41)57-53)49-33-48(58-55(59-49)37-17-7-4-8-18-37)36-27-25-35(26-28-36)34-15-5-3-6-16-34/h3-33H,1-2H3. The Balaban J connectivity index is 1.15. The molecule has 0 aliphatic heterocycles. The van der Waals surface area contributed by atoms with Crippen molar-refractivity contribution in [2.24, 2.45) is 0 Å². The predicted molar refractivity (Wildman–Crippen MR) is 247 cm³/mol. The average Bonchev–Trinajstić information content (AvgIpc) is 3.81. The molecule has 0 unspecified atom stereocenters. The summed E-state index contributed by atoms with van der Waals surface area (Å²) < 4.78 is 6.94. The molecule has 0 atom stereocenters. The highest BCUT2D eigenvalue weighted by Crippen LogP contribution is 2.51. The lowest BCUT2D eigenvalue weighted by Crippen LogP contribution is -2.14. The summed E-state index contributed by atoms with van der Waals surface area (Å²) in [6.07, 6.45) is 0. The van der Waals surface area contributed by atoms with Crippen LogP contribution >= 0.6 is 0 Å². The van der Waals surface area contributed by atoms with Gasteiger partial charge in [-0.2, -0.15) is 0 Å². The summed E-state index contributed by atoms with van der Waals surface area (Å²) >= 11 is 0. The average molecular weight is 768 g/mol. The van der Waals surface area contributed by atoms with E-state index in [0.29, 0.717) is 5.82 Å². The minimum Gasteiger partial charge on any atom is -0.455 e. The fourth-order valence-electron chi connectivity index (χ4n) is 9.51. The van der Waals surface area contributed by atoms with Gasteiger partial charge in [0.15, 0.2) is 5.82 Å². The molecular formula is C56H37N3O. The molecule has 8 aromatic carbocycles. The Morgan fingerprint density at radius 1 is 0.400 bits per heavy atom. The number of benzene rings is 8. The molecule has 11 aromatic rings. The molecule has 282 valence electrons. The summed E-state index contributed by atoms with van der Waals surface area (Å²) in [5.41, 5.74) is 16.5. The van der Waals surface area contributed by atoms with E-state index in [1.165, 1.54) is 27.8 Å². The molecule has 1 aliphatic carbocycles. The maximum absolute atomic E-state index is 6.94. The van der Waals surface area contributed by atoms with Crippen molar-refractivity contribution in [1.29, 1.82) is 0 Å². The van der Waals surface area contributed by atoms with Gasteiger partial charge in [0, 0.05) is 54.6 Å². The SMILES string of the molecule is CC1(C)c2ccccc2-c2ccc(-c3nc4ccccc4c4c3cc(-c3cc(-c5ccc(-c6ccccc6)cc5)nc(-c5ccccc5)n3)c3oc5ccccc5c34)cc21. The third kappa shape index (κ3) is 5.27. The normalized spacial score (nSPS) is 13.0. The van der Waals surface area contributed by atoms with Crippen molar-refractivity contribution in [3.63, 3.8) is 0 Å². The van der Waals surface area contributed by atoms with Crippen LogP contribution in [0.25, 0.3) is 111 Å². The number of fused-ring (bicyclic) bond motifs is 10. The summed E-state index contributed by atoms with van der Waals surface area (Å²) in [5, 5.41) is 5.36. The molecule has 3 aromatic heterocycles. The van der Waals surface area contributed by atoms with Crippen molar-refractivity contribution < 1.29 is 4.42 Å². The van der Waals surface area contributed by atoms with E-state index in [1.54, 1.807) is 0 Å². The van der Waals surface area contributed by atoms with Crippen molar-refractivity contribution in [3.05, 3.63) is 199 Å². The molecule has 60 heavy (non-hydrogen) atoms. The Kier molecular flexibility index (Phi) is 7.54. The van der Waals surface area contributed by atoms with E-state index < -0.39 is 0 Å². The van der Waals surface area contributed by atoms with E-state index in [-0.39, 0.29) is 5.41 Å². The fourth-order valence-corrected chi connectivity index (χ4v) is 9.51. The molecule has 0 fully saturated rings. The van der Waals surface area contributed by atoms with Crippen molar-refractivity contribution in [2.75, 3.05) is 0 Å². The van der Waals surface area contributed by atoms with E-state index in [4.69, 9.17) is 19.4 Å². The van der Waals surface area contributed by atoms with Gasteiger partial charge in [-0.3, -0.25) is 0 Å². The number of nitrogens with zero attached hydrogens (tertiary/aromatic N) is 3. The quantitative estimate of drug-likeness (QED) is 0.164. The lowest BCUT2D eigenvalue weighted by Gasteiger charge is -2.22. The largest absolute Gasteiger partial charge is 0.455 e. The van der Waals surface area contributed by atoms with Crippen LogP contribution < -0.4 is 0 Å². The molecule has 0 bridgehead atoms. The summed E-state index contributed by atoms with van der Waals surface area (Å²) in [5.74, 6) is 0.650. The number of para-hydroxylation sites is 2. The van der Waals surface area contributed by atoms with Gasteiger partial charge in [0.2, 0.25) is 0 Å². The van der Waals surface area contributed by atoms with Gasteiger partial charge < -0.3 is 4.42 Å². The highest BCUT2D eigenvalue weighted by molar-refractivity contribution is 6.30. The zero-order valence-electron chi connectivity index (χ0n) is 33.1. The summed E-state index contributed by atoms with van der Waals surface area (Å²) in [6.45, 7) is 4.66. The number of rotatable bonds is 5. The van der Waals surface area contributed by atoms with Gasteiger partial charge in [0.05, 0.1) is 22.6 Å². The van der Waals surface area contributed by atoms with Crippen molar-refractivity contribution in [3.8, 4) is 67.4 Å². The van der Waals surface area contributed by atoms with Crippen LogP contribution in [0.15, 0.2) is 192 Å². The lowest BCUT2D eigenvalue weighted by molar-refractivity contribution is 0.660. The first-order valence-electron chi connectivity index (χ1n) is 20.5. The zero-order valence-corrected chi connectivity index (χ0v) is 33.1. The molecular weight excluding hydrogens is 731 g/mol. The van der Waals surface area contributed by atoms with E-state index in [9.17, 15) is 0 Å². The van der Waals surface area contributed by atoms with Gasteiger partial charge in [-0.1, -0.05) is 172 Å². The number of furan rings is 1. The van der Waals surface area contributed by atoms with Gasteiger partial charge in [-0.05, 0) is 63.7 Å². The van der Waals surface area contributed by atoms with Gasteiger partial charge >= 0.3 is 0 Å². The van der Waals surface area contributed by atoms with E-state index in [1.807, 2.05) is 30.3 Å². The topological polar surface area (TPSA) is 51.8 Å². The van der Waals surface area contributed by atoms with Crippen LogP contribution in [-0.2, 0) is 5.41 Å². The predicted octanol–water partition coefficient (Wildman–Crippen LogP) is 14.7. The first-order chi connectivity index (χ1) is 29.5. The first kappa shape index (κ1) is 34.4. The zero-order chi connectivity index (χ0) is 40.0. The summed E-state index contributed by atoms with van der Waals surface area (Å²) in [4.78, 5) is 16.1. The van der Waals surface area contributed by atoms with Gasteiger partial charge in [0.1, 0.15) is 11.2 Å². The molecule has 12 rings (SSSR count). The second-order valence-corrected chi connectivity index (χ2v) is 16.3. The molecule has 0 radical (unpaired) electrons. The van der Waals surface area contributed by atoms with Crippen molar-refractivity contribution in [1.82, 2.24) is 15.0 Å². The molecule has 0 amide bonds. The molecule has 0 saturated heterocycles. The van der Waals surface area contributed by atoms with Crippen LogP contribution in [0.3, 0.4) is 0 Å². The summed E-state index contributed by atoms with van der Waals surface area (Å²) in [7, 11) is 0. The molecule has 1 aliphatic rings. The second-order valence-electron chi connectivity index (χ2n) is 16.3. The molecule has 4 nitrogen and oxygen atoms in total. The summed E-state index contributed by atoms with van der Waals surface area (Å²) in [6, 6.07) is 66.3. The Morgan fingerprint density at radius 2 is 1.02 bits per heavy atom. The van der Waals surface area contributed by atoms with Crippen LogP contribution in [0.5, 0.6) is 0 Å². The van der Waals surface area contributed by atoms with Crippen molar-refractivity contribution >= 4 is 43.6 Å². The molecule has 4 heteroatoms. The highest BCUT2D eigenvalue weighted by Gasteiger charge is 2.35. The van der Waals surface area contributed by atoms with E-state index >= 15 is 0 Å². The second kappa shape index (κ2) is 13.2. The van der Waals surface area contributed by atoms with E-state index in [2.05, 4.69) is 172 Å². The van der Waals surface area contributed by atoms with Gasteiger partial charge in [-0.25, -0.2) is 15.0 Å². The lowest BCUT2D eigenvalue weighted by atomic mass is 9.81. The van der Waals surface area contributed by atoms with Crippen LogP contribution in [0.4, 0.5) is 0 Å². The number of aromatic nitrogens is 3. The van der Waals surface area contributed by atoms with Crippen molar-refractivity contribution in [2.45, 2.75) is 19.3 Å². The minimum absolute atomic E-state index is 0.154. The Hall–Kier alpha value is -7.69. The minimum atomic E-state index is -0.154. The Morgan fingerprint density at radius 3 is 1.83 bits per heavy atom. The maximum atomic E-state index is 6.94. The molecule has 0 spiro atoms. The van der Waals surface area contributed by atoms with E-state index in [0.717, 1.165) is 88.5 Å². The highest BCUT2D eigenvalue weighted by atomic mass is 16.3. The molecule has 0 N–H and O–H groups in total. The van der Waals surface area contributed by atoms with Gasteiger partial charge in [-0.15, -0.1) is 0 Å². The molecule has 0 saturated carbocycles. The van der Waals surface area contributed by atoms with Crippen LogP contribution in [0.1, 0.15) is 25.0 Å². The maximum Gasteiger partial charge on any atom is 0.160 e. The van der Waals surface area contributed by atoms with Crippen LogP contribution in [0.2, 0.25) is 0 Å². The Labute approximate surface area is 347 Å². The third-order valence-corrected chi connectivity index (χ3v) is 12.5. The van der Waals surface area contributed by atoms with Crippen LogP contribution in [0, 0.1) is 0 Å². The third-order valence-electron chi connectivity index (χ3n) is 12.5. The first-order valence-corrected chi connectivity index (χ1v) is 20.5. The smallest absolute Gasteiger partial charge is 0.160 e. The number of hydrogen-bond donors (Lipinski definition) is 0. The fraction of sp³-hybridized carbons (Fsp3) is 0.0536. The number of pyridine rings is 1. The monoisotopic (exact) mass is 767 g/mol. The number of hydrogen-bond acceptors (Lipinski definition) is 4.